The maximum atomic E-state index is 13.5. The third-order valence-corrected chi connectivity index (χ3v) is 8.23. The van der Waals surface area contributed by atoms with Gasteiger partial charge in [0.15, 0.2) is 5.65 Å². The van der Waals surface area contributed by atoms with Crippen molar-refractivity contribution in [1.29, 1.82) is 0 Å². The van der Waals surface area contributed by atoms with Crippen LogP contribution in [-0.2, 0) is 0 Å². The Kier molecular flexibility index (Phi) is 5.54. The molecule has 9 nitrogen and oxygen atoms in total. The fourth-order valence-electron chi connectivity index (χ4n) is 5.61. The number of halogens is 2. The lowest BCUT2D eigenvalue weighted by Gasteiger charge is -2.53. The molecule has 1 spiro atoms. The zero-order valence-electron chi connectivity index (χ0n) is 20.4. The van der Waals surface area contributed by atoms with E-state index in [1.165, 1.54) is 29.3 Å². The minimum atomic E-state index is -0.356. The van der Waals surface area contributed by atoms with Crippen LogP contribution in [0.15, 0.2) is 65.8 Å². The van der Waals surface area contributed by atoms with Gasteiger partial charge >= 0.3 is 0 Å². The third-order valence-electron chi connectivity index (χ3n) is 7.62. The van der Waals surface area contributed by atoms with Gasteiger partial charge < -0.3 is 15.5 Å². The first kappa shape index (κ1) is 23.5. The van der Waals surface area contributed by atoms with Gasteiger partial charge in [-0.3, -0.25) is 9.20 Å². The Hall–Kier alpha value is -3.66. The summed E-state index contributed by atoms with van der Waals surface area (Å²) in [5.74, 6) is 0.735. The van der Waals surface area contributed by atoms with Gasteiger partial charge in [0.1, 0.15) is 5.39 Å². The van der Waals surface area contributed by atoms with Crippen LogP contribution in [0.1, 0.15) is 12.8 Å². The van der Waals surface area contributed by atoms with Gasteiger partial charge in [0.2, 0.25) is 11.7 Å². The van der Waals surface area contributed by atoms with Gasteiger partial charge in [-0.05, 0) is 62.3 Å². The molecule has 38 heavy (non-hydrogen) atoms. The van der Waals surface area contributed by atoms with E-state index < -0.39 is 0 Å². The Labute approximate surface area is 228 Å². The smallest absolute Gasteiger partial charge is 0.270 e. The molecule has 0 bridgehead atoms. The van der Waals surface area contributed by atoms with Gasteiger partial charge in [0.05, 0.1) is 15.7 Å². The first-order valence-electron chi connectivity index (χ1n) is 12.5. The van der Waals surface area contributed by atoms with Crippen molar-refractivity contribution in [2.45, 2.75) is 12.8 Å². The summed E-state index contributed by atoms with van der Waals surface area (Å²) in [6, 6.07) is 13.4. The molecule has 7 rings (SSSR count). The third kappa shape index (κ3) is 3.81. The second kappa shape index (κ2) is 8.97. The highest BCUT2D eigenvalue weighted by atomic mass is 35.5. The number of rotatable bonds is 4. The number of nitrogens with one attached hydrogen (secondary N) is 2. The fourth-order valence-corrected chi connectivity index (χ4v) is 6.18. The van der Waals surface area contributed by atoms with Crippen molar-refractivity contribution in [2.75, 3.05) is 36.4 Å². The van der Waals surface area contributed by atoms with E-state index >= 15 is 0 Å². The predicted molar refractivity (Wildman–Crippen MR) is 150 cm³/mol. The van der Waals surface area contributed by atoms with Crippen molar-refractivity contribution in [3.8, 4) is 5.69 Å². The molecule has 2 aliphatic rings. The molecule has 0 atom stereocenters. The van der Waals surface area contributed by atoms with Crippen molar-refractivity contribution in [2.24, 2.45) is 5.41 Å². The Morgan fingerprint density at radius 2 is 1.71 bits per heavy atom. The summed E-state index contributed by atoms with van der Waals surface area (Å²) >= 11 is 12.8. The number of para-hydroxylation sites is 1. The van der Waals surface area contributed by atoms with Crippen LogP contribution >= 0.6 is 23.2 Å². The van der Waals surface area contributed by atoms with Gasteiger partial charge in [-0.2, -0.15) is 4.98 Å². The average molecular weight is 547 g/mol. The summed E-state index contributed by atoms with van der Waals surface area (Å²) in [7, 11) is 0. The highest BCUT2D eigenvalue weighted by Gasteiger charge is 2.43. The van der Waals surface area contributed by atoms with Gasteiger partial charge in [0.25, 0.3) is 5.56 Å². The Balaban J connectivity index is 1.19. The number of nitrogens with zero attached hydrogens (tertiary/aromatic N) is 6. The lowest BCUT2D eigenvalue weighted by molar-refractivity contribution is 0.150. The average Bonchev–Trinajstić information content (AvgIpc) is 3.40. The first-order chi connectivity index (χ1) is 18.5. The van der Waals surface area contributed by atoms with Crippen molar-refractivity contribution in [3.05, 3.63) is 81.5 Å². The van der Waals surface area contributed by atoms with Gasteiger partial charge in [-0.1, -0.05) is 29.3 Å². The summed E-state index contributed by atoms with van der Waals surface area (Å²) in [5.41, 5.74) is 3.01. The van der Waals surface area contributed by atoms with E-state index in [0.29, 0.717) is 43.9 Å². The minimum Gasteiger partial charge on any atom is -0.370 e. The Bertz CT molecular complexity index is 1710. The summed E-state index contributed by atoms with van der Waals surface area (Å²) in [4.78, 5) is 29.5. The number of hydrogen-bond donors (Lipinski definition) is 2. The van der Waals surface area contributed by atoms with Gasteiger partial charge in [0, 0.05) is 48.5 Å². The lowest BCUT2D eigenvalue weighted by atomic mass is 9.72. The maximum Gasteiger partial charge on any atom is 0.270 e. The van der Waals surface area contributed by atoms with Crippen LogP contribution in [0, 0.1) is 5.41 Å². The molecule has 2 N–H and O–H groups in total. The van der Waals surface area contributed by atoms with E-state index in [0.717, 1.165) is 31.9 Å². The quantitative estimate of drug-likeness (QED) is 0.338. The van der Waals surface area contributed by atoms with Crippen LogP contribution in [0.5, 0.6) is 0 Å². The molecule has 2 fully saturated rings. The van der Waals surface area contributed by atoms with Gasteiger partial charge in [-0.15, -0.1) is 0 Å². The summed E-state index contributed by atoms with van der Waals surface area (Å²) in [5, 5.41) is 7.72. The molecule has 0 unspecified atom stereocenters. The molecule has 0 amide bonds. The second-order valence-electron chi connectivity index (χ2n) is 10.0. The zero-order chi connectivity index (χ0) is 25.9. The van der Waals surface area contributed by atoms with Crippen LogP contribution < -0.4 is 21.1 Å². The zero-order valence-corrected chi connectivity index (χ0v) is 21.9. The molecule has 2 aromatic carbocycles. The largest absolute Gasteiger partial charge is 0.370 e. The van der Waals surface area contributed by atoms with Crippen molar-refractivity contribution >= 4 is 57.3 Å². The first-order valence-corrected chi connectivity index (χ1v) is 13.3. The molecule has 0 radical (unpaired) electrons. The van der Waals surface area contributed by atoms with Crippen molar-refractivity contribution < 1.29 is 0 Å². The monoisotopic (exact) mass is 546 g/mol. The van der Waals surface area contributed by atoms with E-state index in [9.17, 15) is 4.79 Å². The predicted octanol–water partition coefficient (Wildman–Crippen LogP) is 4.67. The van der Waals surface area contributed by atoms with E-state index in [1.54, 1.807) is 35.0 Å². The fraction of sp³-hybridized carbons (Fsp3) is 0.259. The molecule has 11 heteroatoms. The topological polar surface area (TPSA) is 92.4 Å². The molecule has 2 aliphatic heterocycles. The second-order valence-corrected chi connectivity index (χ2v) is 10.8. The molecule has 5 heterocycles. The Morgan fingerprint density at radius 1 is 0.974 bits per heavy atom. The van der Waals surface area contributed by atoms with Crippen LogP contribution in [0.3, 0.4) is 0 Å². The summed E-state index contributed by atoms with van der Waals surface area (Å²) in [6.45, 7) is 4.48. The molecule has 192 valence electrons. The number of hydrogen-bond acceptors (Lipinski definition) is 7. The number of aromatic nitrogens is 5. The molecular weight excluding hydrogens is 523 g/mol. The number of fused-ring (bicyclic) bond motifs is 3. The molecule has 3 aromatic heterocycles. The van der Waals surface area contributed by atoms with E-state index in [2.05, 4.69) is 42.6 Å². The van der Waals surface area contributed by atoms with Crippen molar-refractivity contribution in [3.63, 3.8) is 0 Å². The number of benzene rings is 2. The van der Waals surface area contributed by atoms with E-state index in [-0.39, 0.29) is 5.56 Å². The Morgan fingerprint density at radius 3 is 2.45 bits per heavy atom. The minimum absolute atomic E-state index is 0.317. The highest BCUT2D eigenvalue weighted by molar-refractivity contribution is 6.37. The van der Waals surface area contributed by atoms with Crippen molar-refractivity contribution in [1.82, 2.24) is 29.2 Å². The summed E-state index contributed by atoms with van der Waals surface area (Å²) in [6.07, 6.45) is 7.37. The molecule has 2 saturated heterocycles. The molecule has 0 aliphatic carbocycles. The normalized spacial score (nSPS) is 16.7. The standard InChI is InChI=1S/C27H24Cl2N8O/c28-20-2-1-3-21(29)22(20)37-24(38)19-14-32-25(34-23(19)36-13-12-31-26(36)37)33-17-4-6-18(7-5-17)35-15-27(16-35)8-10-30-11-9-27/h1-7,12-14,30H,8-11,15-16H2,(H,32,33,34). The van der Waals surface area contributed by atoms with E-state index in [1.807, 2.05) is 12.1 Å². The van der Waals surface area contributed by atoms with Gasteiger partial charge in [-0.25, -0.2) is 14.5 Å². The van der Waals surface area contributed by atoms with Crippen LogP contribution in [0.25, 0.3) is 22.5 Å². The van der Waals surface area contributed by atoms with E-state index in [4.69, 9.17) is 23.2 Å². The van der Waals surface area contributed by atoms with Crippen LogP contribution in [-0.4, -0.2) is 50.1 Å². The molecule has 0 saturated carbocycles. The number of imidazole rings is 1. The number of anilines is 3. The lowest BCUT2D eigenvalue weighted by Crippen LogP contribution is -2.60. The SMILES string of the molecule is O=c1c2cnc(Nc3ccc(N4CC5(CCNCC5)C4)cc3)nc2n2ccnc2n1-c1c(Cl)cccc1Cl. The summed E-state index contributed by atoms with van der Waals surface area (Å²) < 4.78 is 3.12. The molecule has 5 aromatic rings. The van der Waals surface area contributed by atoms with Crippen LogP contribution in [0.2, 0.25) is 10.0 Å². The highest BCUT2D eigenvalue weighted by Crippen LogP contribution is 2.41. The number of piperidine rings is 1. The van der Waals surface area contributed by atoms with Crippen LogP contribution in [0.4, 0.5) is 17.3 Å². The molecular formula is C27H24Cl2N8O. The maximum absolute atomic E-state index is 13.5.